The molecule has 1 aliphatic rings. The summed E-state index contributed by atoms with van der Waals surface area (Å²) >= 11 is 0. The zero-order valence-corrected chi connectivity index (χ0v) is 11.6. The Morgan fingerprint density at radius 3 is 2.56 bits per heavy atom. The van der Waals surface area contributed by atoms with Crippen LogP contribution in [0.1, 0.15) is 48.9 Å². The molecule has 0 radical (unpaired) electrons. The maximum atomic E-state index is 11.1. The van der Waals surface area contributed by atoms with Crippen LogP contribution in [-0.4, -0.2) is 5.97 Å². The summed E-state index contributed by atoms with van der Waals surface area (Å²) in [5.41, 5.74) is 6.49. The Morgan fingerprint density at radius 2 is 1.89 bits per heavy atom. The Bertz CT molecular complexity index is 524. The molecule has 96 valence electrons. The van der Waals surface area contributed by atoms with E-state index >= 15 is 0 Å². The van der Waals surface area contributed by atoms with E-state index < -0.39 is 0 Å². The first kappa shape index (κ1) is 12.9. The lowest BCUT2D eigenvalue weighted by molar-refractivity contribution is -0.136. The van der Waals surface area contributed by atoms with Crippen molar-refractivity contribution in [3.8, 4) is 0 Å². The third-order valence-corrected chi connectivity index (χ3v) is 3.52. The van der Waals surface area contributed by atoms with Crippen molar-refractivity contribution >= 4 is 11.5 Å². The average Bonchev–Trinajstić information content (AvgIpc) is 2.27. The van der Waals surface area contributed by atoms with E-state index in [9.17, 15) is 4.79 Å². The van der Waals surface area contributed by atoms with Gasteiger partial charge in [0.1, 0.15) is 5.76 Å². The summed E-state index contributed by atoms with van der Waals surface area (Å²) in [6, 6.07) is 4.44. The van der Waals surface area contributed by atoms with Crippen molar-refractivity contribution in [2.75, 3.05) is 0 Å². The Morgan fingerprint density at radius 1 is 1.17 bits per heavy atom. The number of hydrogen-bond acceptors (Lipinski definition) is 2. The molecule has 0 aromatic heterocycles. The van der Waals surface area contributed by atoms with Crippen LogP contribution in [0.3, 0.4) is 0 Å². The van der Waals surface area contributed by atoms with Crippen LogP contribution in [-0.2, 0) is 16.0 Å². The van der Waals surface area contributed by atoms with E-state index in [0.717, 1.165) is 25.0 Å². The largest absolute Gasteiger partial charge is 0.431 e. The predicted octanol–water partition coefficient (Wildman–Crippen LogP) is 3.93. The molecular weight excluding hydrogens is 224 g/mol. The first-order valence-electron chi connectivity index (χ1n) is 6.47. The van der Waals surface area contributed by atoms with Crippen molar-refractivity contribution in [2.24, 2.45) is 0 Å². The lowest BCUT2D eigenvalue weighted by atomic mass is 9.83. The fourth-order valence-corrected chi connectivity index (χ4v) is 2.82. The van der Waals surface area contributed by atoms with Gasteiger partial charge >= 0.3 is 5.97 Å². The second-order valence-corrected chi connectivity index (χ2v) is 5.09. The Kier molecular flexibility index (Phi) is 3.55. The highest BCUT2D eigenvalue weighted by Crippen LogP contribution is 2.35. The predicted molar refractivity (Wildman–Crippen MR) is 73.2 cm³/mol. The fraction of sp³-hybridized carbons (Fsp3) is 0.438. The van der Waals surface area contributed by atoms with Gasteiger partial charge in [-0.3, -0.25) is 4.79 Å². The van der Waals surface area contributed by atoms with Gasteiger partial charge < -0.3 is 4.74 Å². The lowest BCUT2D eigenvalue weighted by Gasteiger charge is -2.23. The number of carbonyl (C=O) groups excluding carboxylic acids is 1. The maximum Gasteiger partial charge on any atom is 0.307 e. The normalized spacial score (nSPS) is 17.1. The van der Waals surface area contributed by atoms with E-state index in [1.165, 1.54) is 34.8 Å². The van der Waals surface area contributed by atoms with Crippen LogP contribution in [0.4, 0.5) is 0 Å². The number of ether oxygens (including phenoxy) is 1. The molecular formula is C16H20O2. The summed E-state index contributed by atoms with van der Waals surface area (Å²) in [4.78, 5) is 11.1. The molecule has 1 aromatic carbocycles. The monoisotopic (exact) mass is 244 g/mol. The summed E-state index contributed by atoms with van der Waals surface area (Å²) in [6.45, 7) is 7.62. The lowest BCUT2D eigenvalue weighted by Crippen LogP contribution is -2.08. The van der Waals surface area contributed by atoms with Gasteiger partial charge in [-0.15, -0.1) is 0 Å². The molecule has 1 aromatic rings. The zero-order valence-electron chi connectivity index (χ0n) is 11.6. The molecule has 0 spiro atoms. The Hall–Kier alpha value is -1.57. The van der Waals surface area contributed by atoms with Crippen molar-refractivity contribution in [3.05, 3.63) is 40.1 Å². The van der Waals surface area contributed by atoms with Crippen molar-refractivity contribution in [1.82, 2.24) is 0 Å². The van der Waals surface area contributed by atoms with Crippen LogP contribution in [0.2, 0.25) is 0 Å². The minimum atomic E-state index is -0.239. The zero-order chi connectivity index (χ0) is 13.3. The van der Waals surface area contributed by atoms with Gasteiger partial charge in [0.15, 0.2) is 0 Å². The number of benzene rings is 1. The van der Waals surface area contributed by atoms with Gasteiger partial charge in [-0.05, 0) is 62.3 Å². The molecule has 1 aliphatic carbocycles. The molecule has 18 heavy (non-hydrogen) atoms. The summed E-state index contributed by atoms with van der Waals surface area (Å²) in [7, 11) is 0. The molecule has 0 N–H and O–H groups in total. The molecule has 2 nitrogen and oxygen atoms in total. The fourth-order valence-electron chi connectivity index (χ4n) is 2.82. The minimum Gasteiger partial charge on any atom is -0.431 e. The average molecular weight is 244 g/mol. The van der Waals surface area contributed by atoms with E-state index in [0.29, 0.717) is 0 Å². The molecule has 0 aliphatic heterocycles. The molecule has 2 heteroatoms. The van der Waals surface area contributed by atoms with Crippen LogP contribution in [0.5, 0.6) is 0 Å². The molecule has 0 saturated carbocycles. The summed E-state index contributed by atoms with van der Waals surface area (Å²) in [6.07, 6.45) is 3.25. The first-order valence-corrected chi connectivity index (χ1v) is 6.47. The number of esters is 1. The van der Waals surface area contributed by atoms with Crippen molar-refractivity contribution < 1.29 is 9.53 Å². The van der Waals surface area contributed by atoms with E-state index in [-0.39, 0.29) is 5.97 Å². The number of aryl methyl sites for hydroxylation is 2. The summed E-state index contributed by atoms with van der Waals surface area (Å²) in [5, 5.41) is 0. The van der Waals surface area contributed by atoms with Crippen LogP contribution >= 0.6 is 0 Å². The van der Waals surface area contributed by atoms with Crippen LogP contribution in [0.15, 0.2) is 17.9 Å². The van der Waals surface area contributed by atoms with E-state index in [1.807, 2.05) is 6.92 Å². The van der Waals surface area contributed by atoms with Gasteiger partial charge in [0.05, 0.1) is 0 Å². The summed E-state index contributed by atoms with van der Waals surface area (Å²) < 4.78 is 5.27. The molecule has 2 rings (SSSR count). The van der Waals surface area contributed by atoms with Gasteiger partial charge in [-0.2, -0.15) is 0 Å². The first-order chi connectivity index (χ1) is 8.49. The number of allylic oxidation sites excluding steroid dienone is 2. The third-order valence-electron chi connectivity index (χ3n) is 3.52. The highest BCUT2D eigenvalue weighted by Gasteiger charge is 2.19. The molecule has 0 atom stereocenters. The van der Waals surface area contributed by atoms with Gasteiger partial charge in [0.2, 0.25) is 0 Å². The molecule has 0 saturated heterocycles. The second kappa shape index (κ2) is 4.97. The van der Waals surface area contributed by atoms with E-state index in [4.69, 9.17) is 4.74 Å². The number of carbonyl (C=O) groups is 1. The smallest absolute Gasteiger partial charge is 0.307 e. The third kappa shape index (κ3) is 2.47. The SMILES string of the molecule is CC(=O)O/C(C)=C1/CCCc2c(C)cc(C)cc21. The van der Waals surface area contributed by atoms with Crippen LogP contribution < -0.4 is 0 Å². The van der Waals surface area contributed by atoms with Gasteiger partial charge in [-0.25, -0.2) is 0 Å². The molecule has 0 unspecified atom stereocenters. The molecule has 0 bridgehead atoms. The van der Waals surface area contributed by atoms with Crippen LogP contribution in [0.25, 0.3) is 5.57 Å². The number of rotatable bonds is 1. The van der Waals surface area contributed by atoms with Crippen LogP contribution in [0, 0.1) is 13.8 Å². The quantitative estimate of drug-likeness (QED) is 0.552. The second-order valence-electron chi connectivity index (χ2n) is 5.09. The Balaban J connectivity index is 2.54. The molecule has 0 amide bonds. The molecule has 0 heterocycles. The highest BCUT2D eigenvalue weighted by molar-refractivity contribution is 5.76. The highest BCUT2D eigenvalue weighted by atomic mass is 16.5. The minimum absolute atomic E-state index is 0.239. The van der Waals surface area contributed by atoms with Crippen molar-refractivity contribution in [1.29, 1.82) is 0 Å². The maximum absolute atomic E-state index is 11.1. The molecule has 0 fully saturated rings. The van der Waals surface area contributed by atoms with E-state index in [1.54, 1.807) is 0 Å². The Labute approximate surface area is 109 Å². The van der Waals surface area contributed by atoms with Crippen molar-refractivity contribution in [3.63, 3.8) is 0 Å². The van der Waals surface area contributed by atoms with Gasteiger partial charge in [-0.1, -0.05) is 17.7 Å². The van der Waals surface area contributed by atoms with Crippen molar-refractivity contribution in [2.45, 2.75) is 47.0 Å². The van der Waals surface area contributed by atoms with Gasteiger partial charge in [0.25, 0.3) is 0 Å². The summed E-state index contributed by atoms with van der Waals surface area (Å²) in [5.74, 6) is 0.518. The topological polar surface area (TPSA) is 26.3 Å². The van der Waals surface area contributed by atoms with E-state index in [2.05, 4.69) is 26.0 Å². The van der Waals surface area contributed by atoms with Gasteiger partial charge in [0, 0.05) is 6.92 Å². The standard InChI is InChI=1S/C16H20O2/c1-10-8-11(2)14-6-5-7-15(16(14)9-10)12(3)18-13(4)17/h8-9H,5-7H2,1-4H3/b15-12-. The number of fused-ring (bicyclic) bond motifs is 1. The number of hydrogen-bond donors (Lipinski definition) is 0.